The number of carbonyl (C=O) groups is 2. The highest BCUT2D eigenvalue weighted by Gasteiger charge is 2.57. The van der Waals surface area contributed by atoms with E-state index < -0.39 is 23.8 Å². The zero-order valence-corrected chi connectivity index (χ0v) is 16.6. The summed E-state index contributed by atoms with van der Waals surface area (Å²) in [6, 6.07) is 9.90. The Morgan fingerprint density at radius 3 is 2.45 bits per heavy atom. The Kier molecular flexibility index (Phi) is 4.79. The Morgan fingerprint density at radius 2 is 1.76 bits per heavy atom. The predicted molar refractivity (Wildman–Crippen MR) is 105 cm³/mol. The third kappa shape index (κ3) is 2.87. The van der Waals surface area contributed by atoms with Crippen molar-refractivity contribution in [3.63, 3.8) is 0 Å². The smallest absolute Gasteiger partial charge is 0.279 e. The molecule has 0 spiro atoms. The van der Waals surface area contributed by atoms with E-state index in [4.69, 9.17) is 30.6 Å². The number of nitrogens with zero attached hydrogens (tertiary/aromatic N) is 2. The topological polar surface area (TPSA) is 86.7 Å². The summed E-state index contributed by atoms with van der Waals surface area (Å²) in [7, 11) is 4.44. The Balaban J connectivity index is 1.77. The van der Waals surface area contributed by atoms with Gasteiger partial charge in [0.25, 0.3) is 5.91 Å². The average Bonchev–Trinajstić information content (AvgIpc) is 3.27. The van der Waals surface area contributed by atoms with E-state index in [1.807, 2.05) is 0 Å². The number of hydrogen-bond acceptors (Lipinski definition) is 7. The molecular formula is C20H17ClN2O6. The molecule has 0 saturated carbocycles. The number of hydrogen-bond donors (Lipinski definition) is 0. The molecule has 0 bridgehead atoms. The minimum atomic E-state index is -1.07. The second kappa shape index (κ2) is 7.29. The molecule has 29 heavy (non-hydrogen) atoms. The van der Waals surface area contributed by atoms with Crippen molar-refractivity contribution in [1.29, 1.82) is 0 Å². The number of oxime groups is 1. The van der Waals surface area contributed by atoms with E-state index in [9.17, 15) is 9.59 Å². The summed E-state index contributed by atoms with van der Waals surface area (Å²) in [5.74, 6) is -0.734. The summed E-state index contributed by atoms with van der Waals surface area (Å²) in [5, 5.41) is 4.38. The van der Waals surface area contributed by atoms with Crippen LogP contribution in [0.4, 0.5) is 5.69 Å². The van der Waals surface area contributed by atoms with Crippen LogP contribution in [0, 0.1) is 5.92 Å². The summed E-state index contributed by atoms with van der Waals surface area (Å²) < 4.78 is 16.1. The van der Waals surface area contributed by atoms with Gasteiger partial charge in [-0.25, -0.2) is 4.90 Å². The molecule has 1 saturated heterocycles. The Morgan fingerprint density at radius 1 is 1.00 bits per heavy atom. The molecule has 0 N–H and O–H groups in total. The van der Waals surface area contributed by atoms with E-state index in [1.54, 1.807) is 30.3 Å². The number of carbonyl (C=O) groups excluding carboxylic acids is 2. The first kappa shape index (κ1) is 19.1. The van der Waals surface area contributed by atoms with Gasteiger partial charge < -0.3 is 19.0 Å². The Labute approximate surface area is 171 Å². The molecule has 2 atom stereocenters. The molecule has 9 heteroatoms. The standard InChI is InChI=1S/C20H17ClN2O6/c1-26-13-8-7-10(21)9-12(13)23-19(24)15-16(22-29-18(15)20(23)25)11-5-4-6-14(27-2)17(11)28-3/h4-9,15,18H,1-3H3/t15-,18-/m1/s1. The molecule has 0 radical (unpaired) electrons. The number of anilines is 1. The molecule has 2 aliphatic heterocycles. The van der Waals surface area contributed by atoms with Gasteiger partial charge in [-0.2, -0.15) is 0 Å². The molecular weight excluding hydrogens is 400 g/mol. The molecule has 2 aromatic carbocycles. The normalized spacial score (nSPS) is 20.3. The molecule has 2 aliphatic rings. The number of amides is 2. The Hall–Kier alpha value is -3.26. The van der Waals surface area contributed by atoms with Crippen LogP contribution < -0.4 is 19.1 Å². The maximum Gasteiger partial charge on any atom is 0.279 e. The van der Waals surface area contributed by atoms with E-state index in [-0.39, 0.29) is 5.69 Å². The van der Waals surface area contributed by atoms with Gasteiger partial charge in [-0.3, -0.25) is 9.59 Å². The van der Waals surface area contributed by atoms with Crippen molar-refractivity contribution in [1.82, 2.24) is 0 Å². The highest BCUT2D eigenvalue weighted by atomic mass is 35.5. The molecule has 0 aromatic heterocycles. The molecule has 4 rings (SSSR count). The third-order valence-corrected chi connectivity index (χ3v) is 5.11. The largest absolute Gasteiger partial charge is 0.495 e. The maximum absolute atomic E-state index is 13.3. The summed E-state index contributed by atoms with van der Waals surface area (Å²) >= 11 is 6.08. The van der Waals surface area contributed by atoms with Gasteiger partial charge in [0, 0.05) is 10.6 Å². The molecule has 150 valence electrons. The molecule has 2 amide bonds. The van der Waals surface area contributed by atoms with Gasteiger partial charge >= 0.3 is 0 Å². The van der Waals surface area contributed by atoms with Crippen molar-refractivity contribution in [2.24, 2.45) is 11.1 Å². The first-order valence-corrected chi connectivity index (χ1v) is 9.06. The van der Waals surface area contributed by atoms with Crippen molar-refractivity contribution >= 4 is 34.8 Å². The predicted octanol–water partition coefficient (Wildman–Crippen LogP) is 2.66. The van der Waals surface area contributed by atoms with Crippen molar-refractivity contribution in [2.45, 2.75) is 6.10 Å². The van der Waals surface area contributed by atoms with Gasteiger partial charge in [-0.15, -0.1) is 0 Å². The summed E-state index contributed by atoms with van der Waals surface area (Å²) in [6.45, 7) is 0. The number of halogens is 1. The number of methoxy groups -OCH3 is 3. The number of imide groups is 1. The lowest BCUT2D eigenvalue weighted by molar-refractivity contribution is -0.126. The van der Waals surface area contributed by atoms with Crippen molar-refractivity contribution < 1.29 is 28.6 Å². The highest BCUT2D eigenvalue weighted by Crippen LogP contribution is 2.42. The molecule has 0 unspecified atom stereocenters. The van der Waals surface area contributed by atoms with E-state index in [0.29, 0.717) is 33.5 Å². The van der Waals surface area contributed by atoms with Gasteiger partial charge in [0.1, 0.15) is 17.4 Å². The zero-order valence-electron chi connectivity index (χ0n) is 15.8. The molecule has 8 nitrogen and oxygen atoms in total. The van der Waals surface area contributed by atoms with Crippen LogP contribution in [0.2, 0.25) is 5.02 Å². The summed E-state index contributed by atoms with van der Waals surface area (Å²) in [6.07, 6.45) is -1.07. The fourth-order valence-electron chi connectivity index (χ4n) is 3.56. The fourth-order valence-corrected chi connectivity index (χ4v) is 3.73. The van der Waals surface area contributed by atoms with Crippen LogP contribution in [0.1, 0.15) is 5.56 Å². The van der Waals surface area contributed by atoms with E-state index in [2.05, 4.69) is 5.16 Å². The second-order valence-corrected chi connectivity index (χ2v) is 6.79. The second-order valence-electron chi connectivity index (χ2n) is 6.35. The van der Waals surface area contributed by atoms with Gasteiger partial charge in [0.2, 0.25) is 12.0 Å². The molecule has 2 aromatic rings. The quantitative estimate of drug-likeness (QED) is 0.696. The SMILES string of the molecule is COc1ccc(Cl)cc1N1C(=O)[C@@H]2C(c3cccc(OC)c3OC)=NO[C@H]2C1=O. The van der Waals surface area contributed by atoms with Crippen LogP contribution in [0.15, 0.2) is 41.6 Å². The number of ether oxygens (including phenoxy) is 3. The fraction of sp³-hybridized carbons (Fsp3) is 0.250. The van der Waals surface area contributed by atoms with Gasteiger partial charge in [0.05, 0.1) is 27.0 Å². The Bertz CT molecular complexity index is 1040. The van der Waals surface area contributed by atoms with Gasteiger partial charge in [-0.1, -0.05) is 22.8 Å². The number of para-hydroxylation sites is 1. The number of rotatable bonds is 5. The van der Waals surface area contributed by atoms with Gasteiger partial charge in [-0.05, 0) is 30.3 Å². The van der Waals surface area contributed by atoms with Crippen molar-refractivity contribution in [3.05, 3.63) is 47.0 Å². The lowest BCUT2D eigenvalue weighted by Gasteiger charge is -2.19. The molecule has 2 heterocycles. The monoisotopic (exact) mass is 416 g/mol. The van der Waals surface area contributed by atoms with E-state index >= 15 is 0 Å². The van der Waals surface area contributed by atoms with Crippen LogP contribution in [-0.2, 0) is 14.4 Å². The summed E-state index contributed by atoms with van der Waals surface area (Å²) in [5.41, 5.74) is 1.07. The van der Waals surface area contributed by atoms with Crippen LogP contribution in [0.25, 0.3) is 0 Å². The first-order valence-electron chi connectivity index (χ1n) is 8.68. The van der Waals surface area contributed by atoms with E-state index in [0.717, 1.165) is 4.90 Å². The van der Waals surface area contributed by atoms with Crippen LogP contribution in [0.3, 0.4) is 0 Å². The van der Waals surface area contributed by atoms with Crippen molar-refractivity contribution in [3.8, 4) is 17.2 Å². The maximum atomic E-state index is 13.3. The number of fused-ring (bicyclic) bond motifs is 1. The third-order valence-electron chi connectivity index (χ3n) is 4.87. The lowest BCUT2D eigenvalue weighted by Crippen LogP contribution is -2.33. The molecule has 0 aliphatic carbocycles. The zero-order chi connectivity index (χ0) is 20.7. The minimum Gasteiger partial charge on any atom is -0.495 e. The van der Waals surface area contributed by atoms with Crippen molar-refractivity contribution in [2.75, 3.05) is 26.2 Å². The minimum absolute atomic E-state index is 0.255. The number of benzene rings is 2. The highest BCUT2D eigenvalue weighted by molar-refractivity contribution is 6.34. The summed E-state index contributed by atoms with van der Waals surface area (Å²) in [4.78, 5) is 32.7. The van der Waals surface area contributed by atoms with Crippen LogP contribution in [0.5, 0.6) is 17.2 Å². The lowest BCUT2D eigenvalue weighted by atomic mass is 9.93. The van der Waals surface area contributed by atoms with Crippen LogP contribution >= 0.6 is 11.6 Å². The molecule has 1 fully saturated rings. The van der Waals surface area contributed by atoms with Gasteiger partial charge in [0.15, 0.2) is 11.5 Å². The van der Waals surface area contributed by atoms with E-state index in [1.165, 1.54) is 27.4 Å². The first-order chi connectivity index (χ1) is 14.0. The average molecular weight is 417 g/mol. The van der Waals surface area contributed by atoms with Crippen LogP contribution in [-0.4, -0.2) is 45.0 Å².